The first-order chi connectivity index (χ1) is 16.7. The number of nitrogens with zero attached hydrogens (tertiary/aromatic N) is 2. The van der Waals surface area contributed by atoms with Gasteiger partial charge in [0, 0.05) is 55.3 Å². The molecule has 1 radical (unpaired) electrons. The van der Waals surface area contributed by atoms with Crippen molar-refractivity contribution < 1.29 is 51.7 Å². The van der Waals surface area contributed by atoms with Crippen molar-refractivity contribution in [3.05, 3.63) is 75.0 Å². The van der Waals surface area contributed by atoms with Crippen LogP contribution in [-0.4, -0.2) is 20.6 Å². The summed E-state index contributed by atoms with van der Waals surface area (Å²) in [5.41, 5.74) is 3.60. The molecular weight excluding hydrogens is 536 g/mol. The number of carbonyl (C=O) groups excluding carboxylic acids is 1. The Morgan fingerprint density at radius 3 is 2.64 bits per heavy atom. The largest absolute Gasteiger partial charge is 0.458 e. The number of aryl methyl sites for hydroxylation is 1. The zero-order valence-corrected chi connectivity index (χ0v) is 23.9. The van der Waals surface area contributed by atoms with Gasteiger partial charge in [-0.25, -0.2) is 14.2 Å². The zero-order valence-electron chi connectivity index (χ0n) is 21.1. The van der Waals surface area contributed by atoms with Crippen LogP contribution in [0.3, 0.4) is 0 Å². The van der Waals surface area contributed by atoms with Gasteiger partial charge in [0.25, 0.3) is 5.56 Å². The number of rotatable bonds is 1. The smallest absolute Gasteiger partial charge is 0.343 e. The Hall–Kier alpha value is -1.96. The predicted molar refractivity (Wildman–Crippen MR) is 131 cm³/mol. The molecule has 0 bridgehead atoms. The van der Waals surface area contributed by atoms with Crippen molar-refractivity contribution in [1.29, 1.82) is 0 Å². The fraction of sp³-hybridized carbons (Fsp3) is 0.393. The fourth-order valence-corrected chi connectivity index (χ4v) is 5.65. The molecule has 0 saturated heterocycles. The van der Waals surface area contributed by atoms with Crippen molar-refractivity contribution >= 4 is 16.9 Å². The number of halogens is 1. The van der Waals surface area contributed by atoms with Crippen LogP contribution in [0, 0.1) is 26.1 Å². The minimum atomic E-state index is -1.87. The second-order valence-corrected chi connectivity index (χ2v) is 9.62. The maximum absolute atomic E-state index is 14.7. The molecule has 0 saturated carbocycles. The Morgan fingerprint density at radius 1 is 1.28 bits per heavy atom. The Balaban J connectivity index is 0.000000726. The van der Waals surface area contributed by atoms with Crippen LogP contribution in [0.1, 0.15) is 72.9 Å². The summed E-state index contributed by atoms with van der Waals surface area (Å²) in [5.74, 6) is -1.04. The number of cyclic esters (lactones) is 1. The van der Waals surface area contributed by atoms with Crippen LogP contribution >= 0.6 is 0 Å². The Labute approximate surface area is 235 Å². The Kier molecular flexibility index (Phi) is 7.32. The van der Waals surface area contributed by atoms with E-state index in [0.29, 0.717) is 29.0 Å². The summed E-state index contributed by atoms with van der Waals surface area (Å²) >= 11 is 0. The molecule has 1 aromatic carbocycles. The van der Waals surface area contributed by atoms with Gasteiger partial charge in [-0.2, -0.15) is 13.8 Å². The van der Waals surface area contributed by atoms with Gasteiger partial charge in [0.1, 0.15) is 12.4 Å². The number of fused-ring (bicyclic) bond motifs is 5. The first kappa shape index (κ1) is 27.1. The average molecular weight is 565 g/mol. The van der Waals surface area contributed by atoms with Crippen LogP contribution in [0.4, 0.5) is 4.39 Å². The number of esters is 1. The van der Waals surface area contributed by atoms with E-state index >= 15 is 0 Å². The Morgan fingerprint density at radius 2 is 1.97 bits per heavy atom. The van der Waals surface area contributed by atoms with E-state index in [4.69, 9.17) is 9.72 Å². The quantitative estimate of drug-likeness (QED) is 0.269. The van der Waals surface area contributed by atoms with Crippen LogP contribution in [0.5, 0.6) is 0 Å². The van der Waals surface area contributed by atoms with Gasteiger partial charge in [-0.15, -0.1) is 5.92 Å². The molecule has 0 spiro atoms. The number of benzene rings is 1. The van der Waals surface area contributed by atoms with Crippen LogP contribution in [-0.2, 0) is 67.4 Å². The molecule has 1 aliphatic carbocycles. The molecule has 0 amide bonds. The number of aromatic nitrogens is 2. The molecule has 6 nitrogen and oxygen atoms in total. The summed E-state index contributed by atoms with van der Waals surface area (Å²) in [4.78, 5) is 30.6. The molecule has 3 aromatic rings. The second kappa shape index (κ2) is 9.73. The van der Waals surface area contributed by atoms with Crippen LogP contribution in [0.2, 0.25) is 0 Å². The number of aliphatic hydroxyl groups is 1. The summed E-state index contributed by atoms with van der Waals surface area (Å²) in [5, 5.41) is 12.0. The Bertz CT molecular complexity index is 1460. The molecule has 1 N–H and O–H groups in total. The van der Waals surface area contributed by atoms with Crippen molar-refractivity contribution in [3.63, 3.8) is 0 Å². The van der Waals surface area contributed by atoms with E-state index in [2.05, 4.69) is 6.92 Å². The van der Waals surface area contributed by atoms with Crippen molar-refractivity contribution in [2.75, 3.05) is 0 Å². The molecule has 2 aromatic heterocycles. The van der Waals surface area contributed by atoms with Crippen LogP contribution in [0.15, 0.2) is 16.9 Å². The molecule has 0 unspecified atom stereocenters. The van der Waals surface area contributed by atoms with E-state index in [-0.39, 0.29) is 74.2 Å². The van der Waals surface area contributed by atoms with Gasteiger partial charge in [0.05, 0.1) is 29.0 Å². The van der Waals surface area contributed by atoms with Gasteiger partial charge in [-0.3, -0.25) is 4.79 Å². The summed E-state index contributed by atoms with van der Waals surface area (Å²) in [6.07, 6.45) is 3.62. The zero-order chi connectivity index (χ0) is 25.2. The first-order valence-corrected chi connectivity index (χ1v) is 12.1. The number of ether oxygens (including phenoxy) is 1. The fourth-order valence-electron chi connectivity index (χ4n) is 5.65. The topological polar surface area (TPSA) is 81.4 Å². The van der Waals surface area contributed by atoms with E-state index in [9.17, 15) is 19.1 Å². The van der Waals surface area contributed by atoms with E-state index in [1.54, 1.807) is 24.5 Å². The number of hydrogen-bond acceptors (Lipinski definition) is 5. The van der Waals surface area contributed by atoms with Gasteiger partial charge in [-0.05, 0) is 37.0 Å². The van der Waals surface area contributed by atoms with E-state index in [0.717, 1.165) is 34.9 Å². The SMILES string of the molecule is C[CH-]C.[CH2-][C@H]1CCc2c(C)c(F)cc3nc4c(c1c23)Cn1c-4cc2c(c1=O)COC(=O)[C@]2(O)CC.[Y]. The monoisotopic (exact) mass is 565 g/mol. The van der Waals surface area contributed by atoms with E-state index in [1.807, 2.05) is 20.3 Å². The minimum Gasteiger partial charge on any atom is -0.458 e. The molecule has 0 fully saturated rings. The number of hydrogen-bond donors (Lipinski definition) is 1. The average Bonchev–Trinajstić information content (AvgIpc) is 3.20. The minimum absolute atomic E-state index is 0. The third-order valence-electron chi connectivity index (χ3n) is 7.50. The second-order valence-electron chi connectivity index (χ2n) is 9.62. The van der Waals surface area contributed by atoms with E-state index < -0.39 is 11.6 Å². The van der Waals surface area contributed by atoms with Gasteiger partial charge in [0.15, 0.2) is 5.60 Å². The van der Waals surface area contributed by atoms with Crippen molar-refractivity contribution in [2.24, 2.45) is 0 Å². The summed E-state index contributed by atoms with van der Waals surface area (Å²) < 4.78 is 21.4. The van der Waals surface area contributed by atoms with Gasteiger partial charge in [-0.1, -0.05) is 18.9 Å². The summed E-state index contributed by atoms with van der Waals surface area (Å²) in [6, 6.07) is 3.14. The summed E-state index contributed by atoms with van der Waals surface area (Å²) in [6.45, 7) is 12.0. The van der Waals surface area contributed by atoms with Gasteiger partial charge < -0.3 is 27.8 Å². The normalized spacial score (nSPS) is 21.0. The third kappa shape index (κ3) is 3.73. The number of pyridine rings is 2. The molecule has 2 aliphatic heterocycles. The molecule has 4 heterocycles. The molecular formula is C28H29FN2O4Y-2. The van der Waals surface area contributed by atoms with Gasteiger partial charge in [0.2, 0.25) is 0 Å². The third-order valence-corrected chi connectivity index (χ3v) is 7.50. The molecule has 2 atom stereocenters. The van der Waals surface area contributed by atoms with Crippen molar-refractivity contribution in [1.82, 2.24) is 9.55 Å². The molecule has 8 heteroatoms. The first-order valence-electron chi connectivity index (χ1n) is 12.1. The molecule has 187 valence electrons. The van der Waals surface area contributed by atoms with Crippen LogP contribution < -0.4 is 5.56 Å². The van der Waals surface area contributed by atoms with Crippen molar-refractivity contribution in [3.8, 4) is 11.4 Å². The maximum Gasteiger partial charge on any atom is 0.343 e. The van der Waals surface area contributed by atoms with Crippen molar-refractivity contribution in [2.45, 2.75) is 71.6 Å². The van der Waals surface area contributed by atoms with E-state index in [1.165, 1.54) is 6.07 Å². The molecule has 36 heavy (non-hydrogen) atoms. The predicted octanol–water partition coefficient (Wildman–Crippen LogP) is 4.62. The number of carbonyl (C=O) groups is 1. The van der Waals surface area contributed by atoms with Gasteiger partial charge >= 0.3 is 5.97 Å². The standard InChI is InChI=1S/C25H22FN2O4.C3H7.Y/c1-4-25(31)16-7-19-22-14(9-28(19)23(29)15(16)10-32-24(25)30)20-11(2)5-6-13-12(3)17(26)8-18(27-22)21(13)20;1-3-2;/h7-8,11,31H,2,4-6,9-10H2,1,3H3;3H,1-2H3;/q2*-1;/t11-,25-;;/m0../s1. The molecule has 6 rings (SSSR count). The summed E-state index contributed by atoms with van der Waals surface area (Å²) in [7, 11) is 0. The molecule has 3 aliphatic rings. The maximum atomic E-state index is 14.7. The van der Waals surface area contributed by atoms with Crippen LogP contribution in [0.25, 0.3) is 22.3 Å².